The Morgan fingerprint density at radius 3 is 2.70 bits per heavy atom. The average molecular weight is 413 g/mol. The summed E-state index contributed by atoms with van der Waals surface area (Å²) in [6.07, 6.45) is 3.00. The van der Waals surface area contributed by atoms with Crippen molar-refractivity contribution in [3.05, 3.63) is 75.6 Å². The van der Waals surface area contributed by atoms with Crippen molar-refractivity contribution in [2.45, 2.75) is 6.04 Å². The van der Waals surface area contributed by atoms with E-state index >= 15 is 0 Å². The third-order valence-corrected chi connectivity index (χ3v) is 4.58. The molecule has 2 heterocycles. The molecule has 0 saturated carbocycles. The zero-order chi connectivity index (χ0) is 21.7. The number of nitrogens with zero attached hydrogens (tertiary/aromatic N) is 3. The second-order valence-corrected chi connectivity index (χ2v) is 6.42. The molecule has 1 saturated heterocycles. The second kappa shape index (κ2) is 9.25. The summed E-state index contributed by atoms with van der Waals surface area (Å²) in [5.74, 6) is -2.25. The summed E-state index contributed by atoms with van der Waals surface area (Å²) in [6.45, 7) is 0.00382. The fourth-order valence-corrected chi connectivity index (χ4v) is 3.25. The molecule has 10 heteroatoms. The van der Waals surface area contributed by atoms with Crippen LogP contribution in [0.25, 0.3) is 5.76 Å². The maximum Gasteiger partial charge on any atom is 0.295 e. The topological polar surface area (TPSA) is 143 Å². The summed E-state index contributed by atoms with van der Waals surface area (Å²) >= 11 is 0. The monoisotopic (exact) mass is 413 g/mol. The molecule has 156 valence electrons. The number of likely N-dealkylation sites (tertiary alicyclic amines) is 1. The van der Waals surface area contributed by atoms with Gasteiger partial charge < -0.3 is 19.8 Å². The van der Waals surface area contributed by atoms with Gasteiger partial charge in [0.2, 0.25) is 0 Å². The van der Waals surface area contributed by atoms with Crippen LogP contribution < -0.4 is 0 Å². The molecule has 2 aromatic rings. The van der Waals surface area contributed by atoms with Crippen molar-refractivity contribution in [1.29, 1.82) is 0 Å². The molecule has 30 heavy (non-hydrogen) atoms. The molecular weight excluding hydrogens is 394 g/mol. The summed E-state index contributed by atoms with van der Waals surface area (Å²) in [7, 11) is 0. The Morgan fingerprint density at radius 1 is 1.23 bits per heavy atom. The van der Waals surface area contributed by atoms with E-state index in [1.165, 1.54) is 35.5 Å². The largest absolute Gasteiger partial charge is 0.507 e. The van der Waals surface area contributed by atoms with Crippen molar-refractivity contribution < 1.29 is 29.5 Å². The minimum atomic E-state index is -0.935. The lowest BCUT2D eigenvalue weighted by atomic mass is 9.96. The molecule has 1 atom stereocenters. The maximum atomic E-state index is 12.8. The van der Waals surface area contributed by atoms with Crippen molar-refractivity contribution >= 4 is 23.1 Å². The fraction of sp³-hybridized carbons (Fsp3) is 0.250. The molecule has 1 aliphatic rings. The van der Waals surface area contributed by atoms with Crippen LogP contribution in [0.4, 0.5) is 5.69 Å². The lowest BCUT2D eigenvalue weighted by molar-refractivity contribution is -0.384. The normalized spacial score (nSPS) is 18.0. The number of nitro benzene ring substituents is 1. The molecule has 3 rings (SSSR count). The van der Waals surface area contributed by atoms with Crippen LogP contribution in [0, 0.1) is 10.1 Å². The number of Topliss-reactive ketones (excluding diaryl/α,β-unsaturated/α-hetero) is 1. The number of amides is 1. The zero-order valence-corrected chi connectivity index (χ0v) is 15.8. The molecule has 2 N–H and O–H groups in total. The number of aliphatic hydroxyl groups is 2. The van der Waals surface area contributed by atoms with Gasteiger partial charge in [0.1, 0.15) is 5.76 Å². The lowest BCUT2D eigenvalue weighted by Gasteiger charge is -2.24. The number of rotatable bonds is 8. The first kappa shape index (κ1) is 21.1. The highest BCUT2D eigenvalue weighted by Gasteiger charge is 2.46. The summed E-state index contributed by atoms with van der Waals surface area (Å²) in [5, 5.41) is 30.7. The van der Waals surface area contributed by atoms with Crippen LogP contribution >= 0.6 is 0 Å². The molecule has 10 nitrogen and oxygen atoms in total. The number of carbonyl (C=O) groups is 2. The maximum absolute atomic E-state index is 12.8. The highest BCUT2D eigenvalue weighted by molar-refractivity contribution is 6.46. The van der Waals surface area contributed by atoms with Gasteiger partial charge in [-0.3, -0.25) is 24.7 Å². The van der Waals surface area contributed by atoms with Crippen molar-refractivity contribution in [3.63, 3.8) is 0 Å². The fourth-order valence-electron chi connectivity index (χ4n) is 3.25. The van der Waals surface area contributed by atoms with Crippen molar-refractivity contribution in [1.82, 2.24) is 9.88 Å². The number of hydrogen-bond acceptors (Lipinski definition) is 8. The molecule has 1 aromatic carbocycles. The molecule has 1 aliphatic heterocycles. The van der Waals surface area contributed by atoms with Gasteiger partial charge in [0, 0.05) is 36.6 Å². The number of aliphatic hydroxyl groups excluding tert-OH is 2. The Bertz CT molecular complexity index is 991. The van der Waals surface area contributed by atoms with E-state index in [-0.39, 0.29) is 43.2 Å². The molecular formula is C20H19N3O7. The van der Waals surface area contributed by atoms with E-state index in [4.69, 9.17) is 9.84 Å². The van der Waals surface area contributed by atoms with E-state index in [9.17, 15) is 24.8 Å². The quantitative estimate of drug-likeness (QED) is 0.165. The second-order valence-electron chi connectivity index (χ2n) is 6.42. The number of carbonyl (C=O) groups excluding carboxylic acids is 2. The molecule has 0 aliphatic carbocycles. The Kier molecular flexibility index (Phi) is 6.50. The van der Waals surface area contributed by atoms with Gasteiger partial charge in [-0.25, -0.2) is 0 Å². The van der Waals surface area contributed by atoms with Crippen LogP contribution in [0.3, 0.4) is 0 Å². The first-order chi connectivity index (χ1) is 14.5. The third-order valence-electron chi connectivity index (χ3n) is 4.58. The predicted octanol–water partition coefficient (Wildman–Crippen LogP) is 1.42. The predicted molar refractivity (Wildman–Crippen MR) is 104 cm³/mol. The summed E-state index contributed by atoms with van der Waals surface area (Å²) < 4.78 is 5.21. The highest BCUT2D eigenvalue weighted by atomic mass is 16.6. The number of hydrogen-bond donors (Lipinski definition) is 2. The van der Waals surface area contributed by atoms with Crippen LogP contribution in [0.1, 0.15) is 17.2 Å². The number of nitro groups is 1. The van der Waals surface area contributed by atoms with Gasteiger partial charge in [0.15, 0.2) is 0 Å². The van der Waals surface area contributed by atoms with Crippen molar-refractivity contribution in [3.8, 4) is 0 Å². The van der Waals surface area contributed by atoms with E-state index in [0.29, 0.717) is 5.56 Å². The summed E-state index contributed by atoms with van der Waals surface area (Å²) in [6, 6.07) is 7.54. The Balaban J connectivity index is 2.07. The third kappa shape index (κ3) is 4.19. The van der Waals surface area contributed by atoms with Crippen LogP contribution in [0.2, 0.25) is 0 Å². The van der Waals surface area contributed by atoms with Crippen LogP contribution in [-0.2, 0) is 14.3 Å². The minimum Gasteiger partial charge on any atom is -0.507 e. The minimum absolute atomic E-state index is 0.0376. The number of ether oxygens (including phenoxy) is 1. The number of benzene rings is 1. The van der Waals surface area contributed by atoms with E-state index < -0.39 is 28.4 Å². The van der Waals surface area contributed by atoms with Gasteiger partial charge in [-0.15, -0.1) is 0 Å². The number of ketones is 1. The van der Waals surface area contributed by atoms with E-state index in [1.54, 1.807) is 12.1 Å². The van der Waals surface area contributed by atoms with Gasteiger partial charge in [0.05, 0.1) is 36.4 Å². The Morgan fingerprint density at radius 2 is 2.03 bits per heavy atom. The number of pyridine rings is 1. The van der Waals surface area contributed by atoms with Crippen LogP contribution in [0.15, 0.2) is 54.4 Å². The average Bonchev–Trinajstić information content (AvgIpc) is 3.01. The first-order valence-corrected chi connectivity index (χ1v) is 9.07. The SMILES string of the molecule is O=C1C(=O)N(CCOCCO)C(c2cccnc2)/C1=C(\O)c1cccc([N+](=O)[O-])c1. The molecule has 1 amide bonds. The zero-order valence-electron chi connectivity index (χ0n) is 15.8. The van der Waals surface area contributed by atoms with Gasteiger partial charge in [-0.1, -0.05) is 18.2 Å². The van der Waals surface area contributed by atoms with Crippen LogP contribution in [-0.4, -0.2) is 63.1 Å². The Hall–Kier alpha value is -3.63. The van der Waals surface area contributed by atoms with Gasteiger partial charge in [-0.05, 0) is 11.6 Å². The number of aromatic nitrogens is 1. The van der Waals surface area contributed by atoms with Crippen LogP contribution in [0.5, 0.6) is 0 Å². The number of non-ortho nitro benzene ring substituents is 1. The molecule has 0 bridgehead atoms. The van der Waals surface area contributed by atoms with Gasteiger partial charge >= 0.3 is 0 Å². The van der Waals surface area contributed by atoms with Crippen molar-refractivity contribution in [2.75, 3.05) is 26.4 Å². The van der Waals surface area contributed by atoms with Crippen molar-refractivity contribution in [2.24, 2.45) is 0 Å². The van der Waals surface area contributed by atoms with E-state index in [2.05, 4.69) is 4.98 Å². The Labute approximate surface area is 171 Å². The summed E-state index contributed by atoms with van der Waals surface area (Å²) in [4.78, 5) is 41.2. The summed E-state index contributed by atoms with van der Waals surface area (Å²) in [5.41, 5.74) is 0.0951. The standard InChI is InChI=1S/C20H19N3O7/c24-8-10-30-9-7-22-17(14-4-2-6-21-12-14)16(19(26)20(22)27)18(25)13-3-1-5-15(11-13)23(28)29/h1-6,11-12,17,24-25H,7-10H2/b18-16+. The molecule has 0 spiro atoms. The molecule has 1 aromatic heterocycles. The molecule has 1 fully saturated rings. The van der Waals surface area contributed by atoms with Gasteiger partial charge in [-0.2, -0.15) is 0 Å². The van der Waals surface area contributed by atoms with Gasteiger partial charge in [0.25, 0.3) is 17.4 Å². The molecule has 1 unspecified atom stereocenters. The van der Waals surface area contributed by atoms with E-state index in [1.807, 2.05) is 0 Å². The lowest BCUT2D eigenvalue weighted by Crippen LogP contribution is -2.33. The smallest absolute Gasteiger partial charge is 0.295 e. The van der Waals surface area contributed by atoms with E-state index in [0.717, 1.165) is 6.07 Å². The molecule has 0 radical (unpaired) electrons. The highest BCUT2D eigenvalue weighted by Crippen LogP contribution is 2.39. The first-order valence-electron chi connectivity index (χ1n) is 9.07.